The molecule has 57 heavy (non-hydrogen) atoms. The smallest absolute Gasteiger partial charge is 0.306 e. The lowest BCUT2D eigenvalue weighted by Crippen LogP contribution is -2.59. The van der Waals surface area contributed by atoms with Gasteiger partial charge in [0.1, 0.15) is 31.0 Å². The van der Waals surface area contributed by atoms with Crippen LogP contribution in [0.4, 0.5) is 0 Å². The van der Waals surface area contributed by atoms with Gasteiger partial charge in [-0.2, -0.15) is 0 Å². The van der Waals surface area contributed by atoms with E-state index in [0.29, 0.717) is 12.8 Å². The van der Waals surface area contributed by atoms with E-state index >= 15 is 0 Å². The fourth-order valence-corrected chi connectivity index (χ4v) is 5.90. The largest absolute Gasteiger partial charge is 0.462 e. The van der Waals surface area contributed by atoms with Crippen LogP contribution in [0.3, 0.4) is 0 Å². The Kier molecular flexibility index (Phi) is 33.8. The quantitative estimate of drug-likeness (QED) is 0.0282. The average Bonchev–Trinajstić information content (AvgIpc) is 3.21. The molecule has 0 aromatic heterocycles. The molecule has 4 N–H and O–H groups in total. The van der Waals surface area contributed by atoms with E-state index in [2.05, 4.69) is 98.9 Å². The highest BCUT2D eigenvalue weighted by atomic mass is 16.7. The van der Waals surface area contributed by atoms with Gasteiger partial charge in [-0.05, 0) is 83.5 Å². The van der Waals surface area contributed by atoms with Crippen LogP contribution in [0.15, 0.2) is 85.1 Å². The number of allylic oxidation sites excluding steroid dienone is 14. The van der Waals surface area contributed by atoms with E-state index in [1.54, 1.807) is 0 Å². The Bertz CT molecular complexity index is 1200. The number of ether oxygens (including phenoxy) is 4. The molecule has 0 amide bonds. The van der Waals surface area contributed by atoms with Crippen LogP contribution in [0.5, 0.6) is 0 Å². The Morgan fingerprint density at radius 1 is 0.544 bits per heavy atom. The van der Waals surface area contributed by atoms with Crippen molar-refractivity contribution < 1.29 is 49.0 Å². The SMILES string of the molecule is CC/C=C\C/C=C\C/C=C\C/C=C\CCCCC(=O)OC(COC(=O)CCCCCCCCC/C=C\C/C=C\C/C=C\CC)COC1OC(CO)C(O)C(O)C1O. The van der Waals surface area contributed by atoms with E-state index in [1.807, 2.05) is 0 Å². The summed E-state index contributed by atoms with van der Waals surface area (Å²) in [6.45, 7) is 3.12. The van der Waals surface area contributed by atoms with Crippen molar-refractivity contribution in [1.29, 1.82) is 0 Å². The van der Waals surface area contributed by atoms with Gasteiger partial charge >= 0.3 is 11.9 Å². The molecule has 0 saturated carbocycles. The van der Waals surface area contributed by atoms with Gasteiger partial charge in [-0.3, -0.25) is 9.59 Å². The summed E-state index contributed by atoms with van der Waals surface area (Å²) in [5.41, 5.74) is 0. The number of unbranched alkanes of at least 4 members (excludes halogenated alkanes) is 9. The molecule has 1 aliphatic rings. The second kappa shape index (κ2) is 37.2. The molecule has 0 radical (unpaired) electrons. The van der Waals surface area contributed by atoms with Crippen LogP contribution in [-0.4, -0.2) is 89.0 Å². The van der Waals surface area contributed by atoms with Crippen LogP contribution in [0.1, 0.15) is 142 Å². The molecule has 0 bridgehead atoms. The van der Waals surface area contributed by atoms with Crippen LogP contribution in [0.25, 0.3) is 0 Å². The molecule has 1 heterocycles. The highest BCUT2D eigenvalue weighted by Gasteiger charge is 2.44. The summed E-state index contributed by atoms with van der Waals surface area (Å²) in [7, 11) is 0. The Hall–Kier alpha value is -3.12. The third-order valence-corrected chi connectivity index (χ3v) is 9.28. The van der Waals surface area contributed by atoms with Gasteiger partial charge in [0, 0.05) is 12.8 Å². The van der Waals surface area contributed by atoms with E-state index < -0.39 is 55.4 Å². The Morgan fingerprint density at radius 2 is 0.982 bits per heavy atom. The third kappa shape index (κ3) is 28.9. The predicted octanol–water partition coefficient (Wildman–Crippen LogP) is 8.99. The maximum absolute atomic E-state index is 12.7. The zero-order valence-electron chi connectivity index (χ0n) is 35.0. The number of esters is 2. The van der Waals surface area contributed by atoms with Gasteiger partial charge in [-0.25, -0.2) is 0 Å². The fraction of sp³-hybridized carbons (Fsp3) is 0.660. The van der Waals surface area contributed by atoms with Gasteiger partial charge in [0.05, 0.1) is 13.2 Å². The van der Waals surface area contributed by atoms with Gasteiger partial charge in [0.25, 0.3) is 0 Å². The zero-order chi connectivity index (χ0) is 41.6. The maximum atomic E-state index is 12.7. The minimum atomic E-state index is -1.61. The van der Waals surface area contributed by atoms with E-state index in [-0.39, 0.29) is 26.1 Å². The standard InChI is InChI=1S/C47H76O10/c1-3-5-7-9-11-13-15-17-19-20-22-23-25-27-29-31-33-35-42(49)54-38-40(39-55-47-46(53)45(52)44(51)41(37-48)57-47)56-43(50)36-34-32-30-28-26-24-21-18-16-14-12-10-8-6-4-2/h5-8,11-14,17-19,21,26,28,40-41,44-48,51-53H,3-4,9-10,15-16,20,22-25,27,29-39H2,1-2H3/b7-5-,8-6-,13-11-,14-12-,19-17-,21-18-,28-26-. The molecule has 0 aromatic carbocycles. The van der Waals surface area contributed by atoms with Gasteiger partial charge in [-0.1, -0.05) is 131 Å². The molecule has 0 aliphatic carbocycles. The van der Waals surface area contributed by atoms with Gasteiger partial charge in [-0.15, -0.1) is 0 Å². The molecule has 0 spiro atoms. The lowest BCUT2D eigenvalue weighted by molar-refractivity contribution is -0.305. The molecule has 1 saturated heterocycles. The summed E-state index contributed by atoms with van der Waals surface area (Å²) < 4.78 is 22.1. The first-order valence-electron chi connectivity index (χ1n) is 21.7. The predicted molar refractivity (Wildman–Crippen MR) is 228 cm³/mol. The number of hydrogen-bond donors (Lipinski definition) is 4. The summed E-state index contributed by atoms with van der Waals surface area (Å²) in [4.78, 5) is 25.3. The number of aliphatic hydroxyl groups excluding tert-OH is 4. The third-order valence-electron chi connectivity index (χ3n) is 9.28. The summed E-state index contributed by atoms with van der Waals surface area (Å²) in [6, 6.07) is 0. The number of carbonyl (C=O) groups is 2. The van der Waals surface area contributed by atoms with Gasteiger partial charge in [0.2, 0.25) is 0 Å². The minimum Gasteiger partial charge on any atom is -0.462 e. The fourth-order valence-electron chi connectivity index (χ4n) is 5.90. The molecule has 324 valence electrons. The van der Waals surface area contributed by atoms with Crippen LogP contribution < -0.4 is 0 Å². The van der Waals surface area contributed by atoms with Crippen molar-refractivity contribution in [2.24, 2.45) is 0 Å². The summed E-state index contributed by atoms with van der Waals surface area (Å²) in [5, 5.41) is 40.0. The van der Waals surface area contributed by atoms with Crippen molar-refractivity contribution in [3.63, 3.8) is 0 Å². The topological polar surface area (TPSA) is 152 Å². The van der Waals surface area contributed by atoms with Gasteiger partial charge in [0.15, 0.2) is 12.4 Å². The minimum absolute atomic E-state index is 0.170. The normalized spacial score (nSPS) is 21.1. The second-order valence-corrected chi connectivity index (χ2v) is 14.4. The molecular formula is C47H76O10. The Labute approximate surface area is 344 Å². The molecule has 1 aliphatic heterocycles. The van der Waals surface area contributed by atoms with Crippen molar-refractivity contribution in [2.45, 2.75) is 179 Å². The van der Waals surface area contributed by atoms with E-state index in [1.165, 1.54) is 19.3 Å². The number of rotatable bonds is 34. The van der Waals surface area contributed by atoms with E-state index in [0.717, 1.165) is 83.5 Å². The van der Waals surface area contributed by atoms with Crippen LogP contribution in [0.2, 0.25) is 0 Å². The van der Waals surface area contributed by atoms with Crippen molar-refractivity contribution in [3.8, 4) is 0 Å². The maximum Gasteiger partial charge on any atom is 0.306 e. The van der Waals surface area contributed by atoms with Crippen molar-refractivity contribution >= 4 is 11.9 Å². The van der Waals surface area contributed by atoms with Crippen LogP contribution in [0, 0.1) is 0 Å². The number of hydrogen-bond acceptors (Lipinski definition) is 10. The monoisotopic (exact) mass is 801 g/mol. The molecular weight excluding hydrogens is 725 g/mol. The molecule has 10 nitrogen and oxygen atoms in total. The van der Waals surface area contributed by atoms with Gasteiger partial charge < -0.3 is 39.4 Å². The molecule has 10 heteroatoms. The second-order valence-electron chi connectivity index (χ2n) is 14.4. The lowest BCUT2D eigenvalue weighted by atomic mass is 9.99. The summed E-state index contributed by atoms with van der Waals surface area (Å²) in [6.07, 6.45) is 40.2. The lowest BCUT2D eigenvalue weighted by Gasteiger charge is -2.39. The first-order valence-corrected chi connectivity index (χ1v) is 21.7. The zero-order valence-corrected chi connectivity index (χ0v) is 35.0. The molecule has 1 rings (SSSR count). The van der Waals surface area contributed by atoms with E-state index in [4.69, 9.17) is 18.9 Å². The molecule has 1 fully saturated rings. The molecule has 0 aromatic rings. The van der Waals surface area contributed by atoms with E-state index in [9.17, 15) is 30.0 Å². The highest BCUT2D eigenvalue weighted by molar-refractivity contribution is 5.70. The van der Waals surface area contributed by atoms with Crippen LogP contribution in [-0.2, 0) is 28.5 Å². The summed E-state index contributed by atoms with van der Waals surface area (Å²) in [5.74, 6) is -0.876. The first-order chi connectivity index (χ1) is 27.8. The average molecular weight is 801 g/mol. The molecule has 6 unspecified atom stereocenters. The number of carbonyl (C=O) groups excluding carboxylic acids is 2. The van der Waals surface area contributed by atoms with Crippen molar-refractivity contribution in [1.82, 2.24) is 0 Å². The number of aliphatic hydroxyl groups is 4. The highest BCUT2D eigenvalue weighted by Crippen LogP contribution is 2.22. The first kappa shape index (κ1) is 51.9. The van der Waals surface area contributed by atoms with Crippen LogP contribution >= 0.6 is 0 Å². The van der Waals surface area contributed by atoms with Crippen molar-refractivity contribution in [2.75, 3.05) is 19.8 Å². The Morgan fingerprint density at radius 3 is 1.51 bits per heavy atom. The summed E-state index contributed by atoms with van der Waals surface area (Å²) >= 11 is 0. The van der Waals surface area contributed by atoms with Crippen molar-refractivity contribution in [3.05, 3.63) is 85.1 Å². The Balaban J connectivity index is 2.38. The molecule has 6 atom stereocenters.